The summed E-state index contributed by atoms with van der Waals surface area (Å²) >= 11 is 0. The summed E-state index contributed by atoms with van der Waals surface area (Å²) in [5.41, 5.74) is 8.58. The highest BCUT2D eigenvalue weighted by molar-refractivity contribution is 5.82. The van der Waals surface area contributed by atoms with E-state index in [4.69, 9.17) is 5.53 Å². The Labute approximate surface area is 103 Å². The number of hydrogen-bond acceptors (Lipinski definition) is 4. The molecule has 7 heteroatoms. The van der Waals surface area contributed by atoms with E-state index >= 15 is 0 Å². The second-order valence-electron chi connectivity index (χ2n) is 3.34. The Bertz CT molecular complexity index is 533. The van der Waals surface area contributed by atoms with Crippen molar-refractivity contribution in [1.82, 2.24) is 0 Å². The summed E-state index contributed by atoms with van der Waals surface area (Å²) in [6, 6.07) is 4.28. The smallest absolute Gasteiger partial charge is 0.279 e. The molecule has 7 nitrogen and oxygen atoms in total. The van der Waals surface area contributed by atoms with Crippen LogP contribution in [0.4, 0.5) is 5.69 Å². The highest BCUT2D eigenvalue weighted by atomic mass is 16.6. The molecule has 0 radical (unpaired) electrons. The van der Waals surface area contributed by atoms with Gasteiger partial charge < -0.3 is 0 Å². The van der Waals surface area contributed by atoms with Crippen LogP contribution < -0.4 is 0 Å². The second kappa shape index (κ2) is 6.82. The molecule has 0 N–H and O–H groups in total. The van der Waals surface area contributed by atoms with E-state index in [9.17, 15) is 14.9 Å². The SMILES string of the molecule is [N-]=[N+]=NCCC=Cc1ccc([N+](=O)[O-])c(C=O)c1. The standard InChI is InChI=1S/C11H10N4O3/c12-14-13-6-2-1-3-9-4-5-11(15(17)18)10(7-9)8-16/h1,3-5,7-8H,2,6H2. The second-order valence-corrected chi connectivity index (χ2v) is 3.34. The van der Waals surface area contributed by atoms with Crippen LogP contribution in [-0.4, -0.2) is 17.8 Å². The van der Waals surface area contributed by atoms with Gasteiger partial charge >= 0.3 is 0 Å². The fourth-order valence-corrected chi connectivity index (χ4v) is 1.33. The number of aldehydes is 1. The van der Waals surface area contributed by atoms with E-state index in [1.807, 2.05) is 0 Å². The summed E-state index contributed by atoms with van der Waals surface area (Å²) in [6.45, 7) is 0.348. The van der Waals surface area contributed by atoms with Gasteiger partial charge in [-0.3, -0.25) is 14.9 Å². The van der Waals surface area contributed by atoms with Crippen LogP contribution in [0.1, 0.15) is 22.3 Å². The van der Waals surface area contributed by atoms with Crippen LogP contribution in [0.3, 0.4) is 0 Å². The van der Waals surface area contributed by atoms with Crippen molar-refractivity contribution < 1.29 is 9.72 Å². The molecule has 18 heavy (non-hydrogen) atoms. The molecule has 1 rings (SSSR count). The van der Waals surface area contributed by atoms with Crippen LogP contribution >= 0.6 is 0 Å². The lowest BCUT2D eigenvalue weighted by Gasteiger charge is -1.97. The van der Waals surface area contributed by atoms with Crippen molar-refractivity contribution in [3.63, 3.8) is 0 Å². The van der Waals surface area contributed by atoms with Crippen LogP contribution in [0, 0.1) is 10.1 Å². The van der Waals surface area contributed by atoms with Crippen LogP contribution in [-0.2, 0) is 0 Å². The molecule has 0 heterocycles. The van der Waals surface area contributed by atoms with E-state index in [2.05, 4.69) is 10.0 Å². The van der Waals surface area contributed by atoms with Gasteiger partial charge in [-0.1, -0.05) is 17.3 Å². The number of nitro groups is 1. The Morgan fingerprint density at radius 1 is 1.50 bits per heavy atom. The first-order valence-corrected chi connectivity index (χ1v) is 5.10. The number of hydrogen-bond donors (Lipinski definition) is 0. The molecule has 0 aromatic heterocycles. The van der Waals surface area contributed by atoms with E-state index in [-0.39, 0.29) is 11.3 Å². The molecule has 0 saturated heterocycles. The molecular weight excluding hydrogens is 236 g/mol. The van der Waals surface area contributed by atoms with Crippen LogP contribution in [0.15, 0.2) is 29.4 Å². The zero-order valence-corrected chi connectivity index (χ0v) is 9.39. The van der Waals surface area contributed by atoms with Crippen molar-refractivity contribution in [2.75, 3.05) is 6.54 Å². The maximum atomic E-state index is 10.7. The molecule has 0 fully saturated rings. The Balaban J connectivity index is 2.82. The Kier molecular flexibility index (Phi) is 5.08. The lowest BCUT2D eigenvalue weighted by molar-refractivity contribution is -0.385. The molecule has 0 atom stereocenters. The minimum Gasteiger partial charge on any atom is -0.298 e. The van der Waals surface area contributed by atoms with Gasteiger partial charge in [-0.05, 0) is 29.6 Å². The number of nitrogens with zero attached hydrogens (tertiary/aromatic N) is 4. The predicted molar refractivity (Wildman–Crippen MR) is 66.1 cm³/mol. The first-order valence-electron chi connectivity index (χ1n) is 5.10. The van der Waals surface area contributed by atoms with Crippen LogP contribution in [0.25, 0.3) is 16.5 Å². The summed E-state index contributed by atoms with van der Waals surface area (Å²) in [5, 5.41) is 14.0. The van der Waals surface area contributed by atoms with Gasteiger partial charge in [-0.25, -0.2) is 0 Å². The molecule has 92 valence electrons. The number of carbonyl (C=O) groups excluding carboxylic acids is 1. The minimum absolute atomic E-state index is 0.0391. The molecule has 0 aliphatic rings. The summed E-state index contributed by atoms with van der Waals surface area (Å²) in [5.74, 6) is 0. The van der Waals surface area contributed by atoms with Gasteiger partial charge in [0.25, 0.3) is 5.69 Å². The van der Waals surface area contributed by atoms with Crippen molar-refractivity contribution in [2.45, 2.75) is 6.42 Å². The number of rotatable bonds is 6. The van der Waals surface area contributed by atoms with Gasteiger partial charge in [0.1, 0.15) is 0 Å². The molecule has 0 aliphatic carbocycles. The largest absolute Gasteiger partial charge is 0.298 e. The highest BCUT2D eigenvalue weighted by Crippen LogP contribution is 2.19. The molecule has 1 aromatic rings. The molecule has 1 aromatic carbocycles. The maximum absolute atomic E-state index is 10.7. The third-order valence-electron chi connectivity index (χ3n) is 2.14. The molecule has 0 saturated carbocycles. The third kappa shape index (κ3) is 3.73. The van der Waals surface area contributed by atoms with Crippen molar-refractivity contribution >= 4 is 18.0 Å². The van der Waals surface area contributed by atoms with Crippen LogP contribution in [0.2, 0.25) is 0 Å². The normalized spacial score (nSPS) is 10.0. The van der Waals surface area contributed by atoms with Gasteiger partial charge in [-0.2, -0.15) is 0 Å². The zero-order valence-electron chi connectivity index (χ0n) is 9.39. The van der Waals surface area contributed by atoms with E-state index < -0.39 is 4.92 Å². The van der Waals surface area contributed by atoms with Crippen molar-refractivity contribution in [2.24, 2.45) is 5.11 Å². The first kappa shape index (κ1) is 13.4. The van der Waals surface area contributed by atoms with Crippen LogP contribution in [0.5, 0.6) is 0 Å². The Hall–Kier alpha value is -2.66. The van der Waals surface area contributed by atoms with Crippen molar-refractivity contribution in [3.05, 3.63) is 56.0 Å². The average molecular weight is 246 g/mol. The summed E-state index contributed by atoms with van der Waals surface area (Å²) in [7, 11) is 0. The molecule has 0 amide bonds. The number of carbonyl (C=O) groups is 1. The van der Waals surface area contributed by atoms with Gasteiger partial charge in [0, 0.05) is 17.5 Å². The van der Waals surface area contributed by atoms with Gasteiger partial charge in [0.15, 0.2) is 6.29 Å². The summed E-state index contributed by atoms with van der Waals surface area (Å²) in [4.78, 5) is 23.3. The molecule has 0 unspecified atom stereocenters. The molecule has 0 aliphatic heterocycles. The molecular formula is C11H10N4O3. The lowest BCUT2D eigenvalue weighted by Crippen LogP contribution is -1.94. The maximum Gasteiger partial charge on any atom is 0.279 e. The molecule has 0 bridgehead atoms. The first-order chi connectivity index (χ1) is 8.69. The van der Waals surface area contributed by atoms with Gasteiger partial charge in [0.05, 0.1) is 10.5 Å². The summed E-state index contributed by atoms with van der Waals surface area (Å²) in [6.07, 6.45) is 4.50. The van der Waals surface area contributed by atoms with E-state index in [0.29, 0.717) is 24.8 Å². The lowest BCUT2D eigenvalue weighted by atomic mass is 10.1. The monoisotopic (exact) mass is 246 g/mol. The zero-order chi connectivity index (χ0) is 13.4. The van der Waals surface area contributed by atoms with Crippen molar-refractivity contribution in [3.8, 4) is 0 Å². The number of benzene rings is 1. The topological polar surface area (TPSA) is 109 Å². The van der Waals surface area contributed by atoms with Gasteiger partial charge in [-0.15, -0.1) is 0 Å². The Morgan fingerprint density at radius 3 is 2.89 bits per heavy atom. The number of nitro benzene ring substituents is 1. The fraction of sp³-hybridized carbons (Fsp3) is 0.182. The van der Waals surface area contributed by atoms with E-state index in [1.165, 1.54) is 12.1 Å². The summed E-state index contributed by atoms with van der Waals surface area (Å²) < 4.78 is 0. The van der Waals surface area contributed by atoms with E-state index in [1.54, 1.807) is 18.2 Å². The minimum atomic E-state index is -0.598. The highest BCUT2D eigenvalue weighted by Gasteiger charge is 2.12. The fourth-order valence-electron chi connectivity index (χ4n) is 1.33. The Morgan fingerprint density at radius 2 is 2.28 bits per heavy atom. The predicted octanol–water partition coefficient (Wildman–Crippen LogP) is 3.12. The quantitative estimate of drug-likeness (QED) is 0.146. The molecule has 0 spiro atoms. The van der Waals surface area contributed by atoms with Crippen molar-refractivity contribution in [1.29, 1.82) is 0 Å². The van der Waals surface area contributed by atoms with Gasteiger partial charge in [0.2, 0.25) is 0 Å². The number of azide groups is 1. The average Bonchev–Trinajstić information content (AvgIpc) is 2.38. The third-order valence-corrected chi connectivity index (χ3v) is 2.14. The van der Waals surface area contributed by atoms with E-state index in [0.717, 1.165) is 0 Å².